The van der Waals surface area contributed by atoms with Crippen molar-refractivity contribution in [3.05, 3.63) is 126 Å². The maximum Gasteiger partial charge on any atom is 0.196 e. The van der Waals surface area contributed by atoms with Gasteiger partial charge in [0.15, 0.2) is 14.1 Å². The van der Waals surface area contributed by atoms with Gasteiger partial charge in [-0.25, -0.2) is 4.99 Å². The van der Waals surface area contributed by atoms with Gasteiger partial charge in [-0.05, 0) is 37.2 Å². The summed E-state index contributed by atoms with van der Waals surface area (Å²) in [7, 11) is -1.92. The molecule has 1 unspecified atom stereocenters. The topological polar surface area (TPSA) is 69.4 Å². The average molecular weight is 575 g/mol. The second-order valence-corrected chi connectivity index (χ2v) is 17.0. The fraction of sp³-hybridized carbons (Fsp3) is 0.257. The minimum absolute atomic E-state index is 0.0407. The normalized spacial score (nSPS) is 12.7. The third kappa shape index (κ3) is 6.17. The van der Waals surface area contributed by atoms with Crippen molar-refractivity contribution in [2.75, 3.05) is 6.61 Å². The molecule has 0 saturated carbocycles. The predicted molar refractivity (Wildman–Crippen MR) is 173 cm³/mol. The third-order valence-corrected chi connectivity index (χ3v) is 12.7. The number of carbonyl (C=O) groups excluding carboxylic acids is 1. The van der Waals surface area contributed by atoms with Gasteiger partial charge in [0, 0.05) is 52.4 Å². The molecule has 0 aliphatic rings. The van der Waals surface area contributed by atoms with E-state index in [1.165, 1.54) is 0 Å². The standard InChI is InChI=1S/C35H38N4O2Si/c1-25(24-41-42(5,6)35(2,3)4)39-23-31(30-22-36-18-17-32(30)39)34(40)28-19-29(21-37-20-28)38-33(26-13-9-7-10-14-26)27-15-11-8-12-16-27/h7-23,25H,24H2,1-6H3. The van der Waals surface area contributed by atoms with E-state index in [0.717, 1.165) is 27.7 Å². The monoisotopic (exact) mass is 574 g/mol. The van der Waals surface area contributed by atoms with E-state index in [0.29, 0.717) is 23.4 Å². The van der Waals surface area contributed by atoms with Crippen LogP contribution in [0, 0.1) is 0 Å². The van der Waals surface area contributed by atoms with E-state index in [4.69, 9.17) is 9.42 Å². The number of fused-ring (bicyclic) bond motifs is 1. The summed E-state index contributed by atoms with van der Waals surface area (Å²) in [4.78, 5) is 27.7. The summed E-state index contributed by atoms with van der Waals surface area (Å²) in [5.41, 5.74) is 5.43. The molecule has 0 spiro atoms. The van der Waals surface area contributed by atoms with Crippen LogP contribution in [0.5, 0.6) is 0 Å². The highest BCUT2D eigenvalue weighted by molar-refractivity contribution is 6.74. The predicted octanol–water partition coefficient (Wildman–Crippen LogP) is 8.41. The van der Waals surface area contributed by atoms with Crippen LogP contribution in [0.15, 0.2) is 109 Å². The fourth-order valence-corrected chi connectivity index (χ4v) is 5.75. The van der Waals surface area contributed by atoms with Crippen LogP contribution in [0.1, 0.15) is 60.8 Å². The van der Waals surface area contributed by atoms with E-state index in [-0.39, 0.29) is 16.9 Å². The van der Waals surface area contributed by atoms with Crippen molar-refractivity contribution in [2.24, 2.45) is 4.99 Å². The summed E-state index contributed by atoms with van der Waals surface area (Å²) in [6, 6.07) is 23.9. The first-order valence-corrected chi connectivity index (χ1v) is 17.2. The Hall–Kier alpha value is -4.20. The van der Waals surface area contributed by atoms with E-state index < -0.39 is 8.32 Å². The number of aliphatic imine (C=N–C) groups is 1. The van der Waals surface area contributed by atoms with E-state index in [1.54, 1.807) is 24.8 Å². The molecule has 0 N–H and O–H groups in total. The molecular weight excluding hydrogens is 536 g/mol. The van der Waals surface area contributed by atoms with Crippen molar-refractivity contribution < 1.29 is 9.22 Å². The number of hydrogen-bond donors (Lipinski definition) is 0. The first kappa shape index (κ1) is 29.3. The van der Waals surface area contributed by atoms with Crippen molar-refractivity contribution in [1.82, 2.24) is 14.5 Å². The summed E-state index contributed by atoms with van der Waals surface area (Å²) in [6.45, 7) is 14.0. The lowest BCUT2D eigenvalue weighted by molar-refractivity contribution is 0.103. The van der Waals surface area contributed by atoms with E-state index in [1.807, 2.05) is 79.0 Å². The van der Waals surface area contributed by atoms with E-state index >= 15 is 0 Å². The Morgan fingerprint density at radius 3 is 2.17 bits per heavy atom. The smallest absolute Gasteiger partial charge is 0.196 e. The molecule has 2 aromatic carbocycles. The van der Waals surface area contributed by atoms with E-state index in [9.17, 15) is 4.79 Å². The first-order chi connectivity index (χ1) is 20.0. The van der Waals surface area contributed by atoms with Crippen molar-refractivity contribution in [2.45, 2.75) is 51.9 Å². The Morgan fingerprint density at radius 1 is 0.905 bits per heavy atom. The molecule has 5 rings (SSSR count). The molecule has 3 heterocycles. The average Bonchev–Trinajstić information content (AvgIpc) is 3.39. The zero-order valence-corrected chi connectivity index (χ0v) is 26.2. The Bertz CT molecular complexity index is 1680. The second kappa shape index (κ2) is 12.0. The van der Waals surface area contributed by atoms with Gasteiger partial charge < -0.3 is 8.99 Å². The Balaban J connectivity index is 1.49. The van der Waals surface area contributed by atoms with E-state index in [2.05, 4.69) is 55.3 Å². The summed E-state index contributed by atoms with van der Waals surface area (Å²) < 4.78 is 8.67. The molecule has 7 heteroatoms. The van der Waals surface area contributed by atoms with Crippen LogP contribution >= 0.6 is 0 Å². The van der Waals surface area contributed by atoms with Crippen LogP contribution < -0.4 is 0 Å². The highest BCUT2D eigenvalue weighted by atomic mass is 28.4. The molecule has 214 valence electrons. The summed E-state index contributed by atoms with van der Waals surface area (Å²) in [6.07, 6.45) is 8.76. The van der Waals surface area contributed by atoms with Gasteiger partial charge in [0.25, 0.3) is 0 Å². The van der Waals surface area contributed by atoms with Gasteiger partial charge >= 0.3 is 0 Å². The van der Waals surface area contributed by atoms with Crippen molar-refractivity contribution in [1.29, 1.82) is 0 Å². The molecule has 5 aromatic rings. The third-order valence-electron chi connectivity index (χ3n) is 8.17. The molecule has 0 bridgehead atoms. The summed E-state index contributed by atoms with van der Waals surface area (Å²) in [5.74, 6) is -0.116. The Kier molecular flexibility index (Phi) is 8.34. The molecular formula is C35H38N4O2Si. The maximum absolute atomic E-state index is 14.0. The molecule has 0 aliphatic heterocycles. The number of pyridine rings is 2. The quantitative estimate of drug-likeness (QED) is 0.101. The molecule has 0 aliphatic carbocycles. The largest absolute Gasteiger partial charge is 0.415 e. The number of benzene rings is 2. The summed E-state index contributed by atoms with van der Waals surface area (Å²) >= 11 is 0. The number of aromatic nitrogens is 3. The van der Waals surface area contributed by atoms with Crippen molar-refractivity contribution in [3.8, 4) is 0 Å². The minimum Gasteiger partial charge on any atom is -0.415 e. The van der Waals surface area contributed by atoms with Crippen LogP contribution in [-0.4, -0.2) is 41.0 Å². The van der Waals surface area contributed by atoms with Gasteiger partial charge in [-0.2, -0.15) is 0 Å². The number of nitrogens with zero attached hydrogens (tertiary/aromatic N) is 4. The first-order valence-electron chi connectivity index (χ1n) is 14.3. The van der Waals surface area contributed by atoms with Gasteiger partial charge in [-0.3, -0.25) is 14.8 Å². The minimum atomic E-state index is -1.92. The number of ketones is 1. The molecule has 1 atom stereocenters. The molecule has 0 amide bonds. The van der Waals surface area contributed by atoms with Crippen molar-refractivity contribution >= 4 is 36.4 Å². The second-order valence-electron chi connectivity index (χ2n) is 12.2. The highest BCUT2D eigenvalue weighted by Crippen LogP contribution is 2.37. The van der Waals surface area contributed by atoms with Gasteiger partial charge in [0.1, 0.15) is 0 Å². The number of rotatable bonds is 9. The van der Waals surface area contributed by atoms with Crippen LogP contribution in [0.3, 0.4) is 0 Å². The SMILES string of the molecule is CC(CO[Si](C)(C)C(C)(C)C)n1cc(C(=O)c2cncc(N=C(c3ccccc3)c3ccccc3)c2)c2cnccc21. The van der Waals surface area contributed by atoms with Crippen molar-refractivity contribution in [3.63, 3.8) is 0 Å². The van der Waals surface area contributed by atoms with Gasteiger partial charge in [0.05, 0.1) is 35.8 Å². The summed E-state index contributed by atoms with van der Waals surface area (Å²) in [5, 5.41) is 0.933. The van der Waals surface area contributed by atoms with Crippen LogP contribution in [0.25, 0.3) is 10.9 Å². The Morgan fingerprint density at radius 2 is 1.55 bits per heavy atom. The zero-order valence-electron chi connectivity index (χ0n) is 25.2. The number of hydrogen-bond acceptors (Lipinski definition) is 5. The van der Waals surface area contributed by atoms with Gasteiger partial charge in [0.2, 0.25) is 0 Å². The highest BCUT2D eigenvalue weighted by Gasteiger charge is 2.37. The van der Waals surface area contributed by atoms with Crippen LogP contribution in [0.4, 0.5) is 5.69 Å². The lowest BCUT2D eigenvalue weighted by Gasteiger charge is -2.37. The van der Waals surface area contributed by atoms with Crippen LogP contribution in [0.2, 0.25) is 18.1 Å². The van der Waals surface area contributed by atoms with Gasteiger partial charge in [-0.1, -0.05) is 81.4 Å². The lowest BCUT2D eigenvalue weighted by Crippen LogP contribution is -2.41. The number of carbonyl (C=O) groups is 1. The van der Waals surface area contributed by atoms with Gasteiger partial charge in [-0.15, -0.1) is 0 Å². The molecule has 0 radical (unpaired) electrons. The van der Waals surface area contributed by atoms with Crippen LogP contribution in [-0.2, 0) is 4.43 Å². The lowest BCUT2D eigenvalue weighted by atomic mass is 10.0. The molecule has 3 aromatic heterocycles. The molecule has 42 heavy (non-hydrogen) atoms. The molecule has 6 nitrogen and oxygen atoms in total. The maximum atomic E-state index is 14.0. The Labute approximate surface area is 249 Å². The fourth-order valence-electron chi connectivity index (χ4n) is 4.65. The zero-order chi connectivity index (χ0) is 29.9. The molecule has 0 saturated heterocycles. The molecule has 0 fully saturated rings.